The van der Waals surface area contributed by atoms with E-state index in [1.165, 1.54) is 0 Å². The van der Waals surface area contributed by atoms with Gasteiger partial charge in [-0.05, 0) is 13.8 Å². The Morgan fingerprint density at radius 2 is 1.85 bits per heavy atom. The van der Waals surface area contributed by atoms with Crippen molar-refractivity contribution in [3.05, 3.63) is 12.1 Å². The number of hydrogen-bond acceptors (Lipinski definition) is 5. The first kappa shape index (κ1) is 14.3. The number of amides is 1. The fraction of sp³-hybridized carbons (Fsp3) is 0.500. The predicted molar refractivity (Wildman–Crippen MR) is 78.4 cm³/mol. The molecular formula is C14H21N3O3. The molecule has 110 valence electrons. The molecule has 20 heavy (non-hydrogen) atoms. The third kappa shape index (κ3) is 2.21. The maximum absolute atomic E-state index is 12.0. The van der Waals surface area contributed by atoms with Crippen LogP contribution in [0.4, 0.5) is 11.4 Å². The van der Waals surface area contributed by atoms with Crippen molar-refractivity contribution < 1.29 is 14.3 Å². The molecule has 0 aromatic heterocycles. The Morgan fingerprint density at radius 1 is 1.25 bits per heavy atom. The van der Waals surface area contributed by atoms with Gasteiger partial charge in [0.2, 0.25) is 5.91 Å². The van der Waals surface area contributed by atoms with Crippen LogP contribution in [0, 0.1) is 0 Å². The van der Waals surface area contributed by atoms with Gasteiger partial charge in [-0.3, -0.25) is 4.79 Å². The SMILES string of the molecule is COc1cc(N)c(N2CCNC(=O)C2(C)C)cc1OC. The number of ether oxygens (including phenoxy) is 2. The molecule has 1 aliphatic heterocycles. The summed E-state index contributed by atoms with van der Waals surface area (Å²) in [6, 6.07) is 3.53. The maximum atomic E-state index is 12.0. The van der Waals surface area contributed by atoms with Gasteiger partial charge in [0, 0.05) is 25.2 Å². The van der Waals surface area contributed by atoms with Crippen LogP contribution in [0.5, 0.6) is 11.5 Å². The Balaban J connectivity index is 2.49. The third-order valence-corrected chi connectivity index (χ3v) is 3.68. The minimum Gasteiger partial charge on any atom is -0.493 e. The summed E-state index contributed by atoms with van der Waals surface area (Å²) in [7, 11) is 3.14. The van der Waals surface area contributed by atoms with Crippen molar-refractivity contribution in [3.8, 4) is 11.5 Å². The average Bonchev–Trinajstić information content (AvgIpc) is 2.42. The van der Waals surface area contributed by atoms with Crippen molar-refractivity contribution in [3.63, 3.8) is 0 Å². The van der Waals surface area contributed by atoms with E-state index in [2.05, 4.69) is 5.32 Å². The number of nitrogens with two attached hydrogens (primary N) is 1. The van der Waals surface area contributed by atoms with Crippen molar-refractivity contribution >= 4 is 17.3 Å². The predicted octanol–water partition coefficient (Wildman–Crippen LogP) is 1.00. The van der Waals surface area contributed by atoms with Gasteiger partial charge in [-0.1, -0.05) is 0 Å². The van der Waals surface area contributed by atoms with Crippen LogP contribution in [0.1, 0.15) is 13.8 Å². The molecule has 1 heterocycles. The molecule has 6 heteroatoms. The number of hydrogen-bond donors (Lipinski definition) is 2. The number of nitrogen functional groups attached to an aromatic ring is 1. The lowest BCUT2D eigenvalue weighted by atomic mass is 9.97. The molecule has 1 saturated heterocycles. The largest absolute Gasteiger partial charge is 0.493 e. The highest BCUT2D eigenvalue weighted by molar-refractivity contribution is 5.92. The number of nitrogens with one attached hydrogen (secondary N) is 1. The van der Waals surface area contributed by atoms with E-state index in [0.717, 1.165) is 5.69 Å². The molecule has 0 saturated carbocycles. The average molecular weight is 279 g/mol. The monoisotopic (exact) mass is 279 g/mol. The molecule has 0 unspecified atom stereocenters. The lowest BCUT2D eigenvalue weighted by molar-refractivity contribution is -0.126. The van der Waals surface area contributed by atoms with E-state index in [4.69, 9.17) is 15.2 Å². The molecule has 0 aliphatic carbocycles. The van der Waals surface area contributed by atoms with Crippen LogP contribution in [0.15, 0.2) is 12.1 Å². The van der Waals surface area contributed by atoms with Crippen LogP contribution in [0.3, 0.4) is 0 Å². The van der Waals surface area contributed by atoms with Gasteiger partial charge in [-0.2, -0.15) is 0 Å². The van der Waals surface area contributed by atoms with Crippen molar-refractivity contribution in [2.75, 3.05) is 37.9 Å². The molecule has 1 fully saturated rings. The van der Waals surface area contributed by atoms with Crippen LogP contribution >= 0.6 is 0 Å². The van der Waals surface area contributed by atoms with Crippen molar-refractivity contribution in [2.24, 2.45) is 0 Å². The molecule has 3 N–H and O–H groups in total. The molecule has 2 rings (SSSR count). The lowest BCUT2D eigenvalue weighted by Crippen LogP contribution is -2.62. The Kier molecular flexibility index (Phi) is 3.65. The molecule has 1 amide bonds. The van der Waals surface area contributed by atoms with Gasteiger partial charge in [0.05, 0.1) is 25.6 Å². The van der Waals surface area contributed by atoms with Gasteiger partial charge < -0.3 is 25.4 Å². The summed E-state index contributed by atoms with van der Waals surface area (Å²) in [6.07, 6.45) is 0. The summed E-state index contributed by atoms with van der Waals surface area (Å²) in [6.45, 7) is 5.03. The van der Waals surface area contributed by atoms with E-state index < -0.39 is 5.54 Å². The molecule has 0 bridgehead atoms. The summed E-state index contributed by atoms with van der Waals surface area (Å²) < 4.78 is 10.5. The first-order chi connectivity index (χ1) is 9.41. The van der Waals surface area contributed by atoms with Crippen LogP contribution in [0.2, 0.25) is 0 Å². The highest BCUT2D eigenvalue weighted by atomic mass is 16.5. The van der Waals surface area contributed by atoms with E-state index in [1.807, 2.05) is 24.8 Å². The zero-order valence-corrected chi connectivity index (χ0v) is 12.3. The third-order valence-electron chi connectivity index (χ3n) is 3.68. The highest BCUT2D eigenvalue weighted by Gasteiger charge is 2.38. The van der Waals surface area contributed by atoms with Gasteiger partial charge in [-0.15, -0.1) is 0 Å². The first-order valence-electron chi connectivity index (χ1n) is 6.49. The van der Waals surface area contributed by atoms with Crippen LogP contribution in [-0.4, -0.2) is 38.8 Å². The van der Waals surface area contributed by atoms with E-state index >= 15 is 0 Å². The van der Waals surface area contributed by atoms with E-state index in [-0.39, 0.29) is 5.91 Å². The van der Waals surface area contributed by atoms with Gasteiger partial charge in [0.1, 0.15) is 5.54 Å². The molecule has 0 radical (unpaired) electrons. The minimum atomic E-state index is -0.661. The normalized spacial score (nSPS) is 17.6. The van der Waals surface area contributed by atoms with Crippen molar-refractivity contribution in [2.45, 2.75) is 19.4 Å². The van der Waals surface area contributed by atoms with E-state index in [9.17, 15) is 4.79 Å². The number of benzene rings is 1. The zero-order chi connectivity index (χ0) is 14.9. The van der Waals surface area contributed by atoms with Gasteiger partial charge >= 0.3 is 0 Å². The summed E-state index contributed by atoms with van der Waals surface area (Å²) in [5.74, 6) is 1.16. The Hall–Kier alpha value is -2.11. The second kappa shape index (κ2) is 5.11. The fourth-order valence-electron chi connectivity index (χ4n) is 2.44. The number of anilines is 2. The van der Waals surface area contributed by atoms with Crippen molar-refractivity contribution in [1.29, 1.82) is 0 Å². The number of carbonyl (C=O) groups excluding carboxylic acids is 1. The highest BCUT2D eigenvalue weighted by Crippen LogP contribution is 2.39. The van der Waals surface area contributed by atoms with Gasteiger partial charge in [0.15, 0.2) is 11.5 Å². The molecule has 0 atom stereocenters. The molecular weight excluding hydrogens is 258 g/mol. The number of methoxy groups -OCH3 is 2. The molecule has 1 aromatic rings. The van der Waals surface area contributed by atoms with Crippen molar-refractivity contribution in [1.82, 2.24) is 5.32 Å². The Labute approximate surface area is 118 Å². The van der Waals surface area contributed by atoms with E-state index in [0.29, 0.717) is 30.3 Å². The maximum Gasteiger partial charge on any atom is 0.245 e. The molecule has 1 aromatic carbocycles. The second-order valence-corrected chi connectivity index (χ2v) is 5.23. The second-order valence-electron chi connectivity index (χ2n) is 5.23. The van der Waals surface area contributed by atoms with Gasteiger partial charge in [0.25, 0.3) is 0 Å². The Bertz CT molecular complexity index is 529. The Morgan fingerprint density at radius 3 is 2.45 bits per heavy atom. The molecule has 1 aliphatic rings. The summed E-state index contributed by atoms with van der Waals surface area (Å²) >= 11 is 0. The summed E-state index contributed by atoms with van der Waals surface area (Å²) in [5, 5.41) is 2.87. The molecule has 0 spiro atoms. The van der Waals surface area contributed by atoms with Crippen LogP contribution in [0.25, 0.3) is 0 Å². The molecule has 6 nitrogen and oxygen atoms in total. The number of rotatable bonds is 3. The fourth-order valence-corrected chi connectivity index (χ4v) is 2.44. The lowest BCUT2D eigenvalue weighted by Gasteiger charge is -2.43. The number of nitrogens with zero attached hydrogens (tertiary/aromatic N) is 1. The zero-order valence-electron chi connectivity index (χ0n) is 12.3. The van der Waals surface area contributed by atoms with Crippen LogP contribution in [-0.2, 0) is 4.79 Å². The summed E-state index contributed by atoms with van der Waals surface area (Å²) in [4.78, 5) is 14.0. The standard InChI is InChI=1S/C14H21N3O3/c1-14(2)13(18)16-5-6-17(14)10-8-12(20-4)11(19-3)7-9(10)15/h7-8H,5-6,15H2,1-4H3,(H,16,18). The minimum absolute atomic E-state index is 0.0158. The van der Waals surface area contributed by atoms with Crippen LogP contribution < -0.4 is 25.4 Å². The number of piperazine rings is 1. The van der Waals surface area contributed by atoms with E-state index in [1.54, 1.807) is 20.3 Å². The first-order valence-corrected chi connectivity index (χ1v) is 6.49. The quantitative estimate of drug-likeness (QED) is 0.807. The number of carbonyl (C=O) groups is 1. The topological polar surface area (TPSA) is 76.8 Å². The summed E-state index contributed by atoms with van der Waals surface area (Å²) in [5.41, 5.74) is 6.79. The smallest absolute Gasteiger partial charge is 0.245 e. The van der Waals surface area contributed by atoms with Gasteiger partial charge in [-0.25, -0.2) is 0 Å².